The van der Waals surface area contributed by atoms with E-state index >= 15 is 0 Å². The summed E-state index contributed by atoms with van der Waals surface area (Å²) in [4.78, 5) is 0. The van der Waals surface area contributed by atoms with Crippen LogP contribution in [0.2, 0.25) is 0 Å². The third kappa shape index (κ3) is 3.62. The van der Waals surface area contributed by atoms with Crippen LogP contribution in [0.25, 0.3) is 0 Å². The number of rotatable bonds is 4. The smallest absolute Gasteiger partial charge is 0.0670 e. The van der Waals surface area contributed by atoms with Crippen molar-refractivity contribution in [1.82, 2.24) is 0 Å². The average Bonchev–Trinajstić information content (AvgIpc) is 2.41. The molecule has 1 aliphatic heterocycles. The van der Waals surface area contributed by atoms with E-state index in [1.54, 1.807) is 0 Å². The lowest BCUT2D eigenvalue weighted by Gasteiger charge is -2.34. The first-order valence-corrected chi connectivity index (χ1v) is 6.70. The molecule has 0 atom stereocenters. The number of ether oxygens (including phenoxy) is 1. The van der Waals surface area contributed by atoms with Gasteiger partial charge in [-0.3, -0.25) is 0 Å². The quantitative estimate of drug-likeness (QED) is 0.815. The Kier molecular flexibility index (Phi) is 4.28. The van der Waals surface area contributed by atoms with Gasteiger partial charge in [-0.1, -0.05) is 6.92 Å². The predicted octanol–water partition coefficient (Wildman–Crippen LogP) is 2.56. The van der Waals surface area contributed by atoms with E-state index in [1.807, 2.05) is 18.2 Å². The lowest BCUT2D eigenvalue weighted by atomic mass is 9.82. The predicted molar refractivity (Wildman–Crippen MR) is 76.8 cm³/mol. The molecule has 3 N–H and O–H groups in total. The maximum atomic E-state index is 8.77. The normalized spacial score (nSPS) is 17.7. The highest BCUT2D eigenvalue weighted by Gasteiger charge is 2.26. The lowest BCUT2D eigenvalue weighted by molar-refractivity contribution is 0.0300. The van der Waals surface area contributed by atoms with Crippen LogP contribution in [0, 0.1) is 16.7 Å². The molecule has 1 saturated heterocycles. The van der Waals surface area contributed by atoms with Crippen LogP contribution in [-0.2, 0) is 11.2 Å². The van der Waals surface area contributed by atoms with Gasteiger partial charge in [-0.25, -0.2) is 0 Å². The number of nitrogens with one attached hydrogen (secondary N) is 1. The molecule has 0 aromatic heterocycles. The molecule has 0 bridgehead atoms. The van der Waals surface area contributed by atoms with Gasteiger partial charge in [0, 0.05) is 31.1 Å². The average molecular weight is 259 g/mol. The molecule has 1 aromatic rings. The zero-order valence-electron chi connectivity index (χ0n) is 11.4. The Morgan fingerprint density at radius 1 is 1.42 bits per heavy atom. The summed E-state index contributed by atoms with van der Waals surface area (Å²) in [5, 5.41) is 12.2. The first-order valence-electron chi connectivity index (χ1n) is 6.70. The van der Waals surface area contributed by atoms with Crippen molar-refractivity contribution < 1.29 is 4.74 Å². The summed E-state index contributed by atoms with van der Waals surface area (Å²) in [7, 11) is 0. The second-order valence-corrected chi connectivity index (χ2v) is 5.53. The fourth-order valence-electron chi connectivity index (χ4n) is 2.31. The molecule has 1 aliphatic rings. The van der Waals surface area contributed by atoms with Crippen molar-refractivity contribution in [2.75, 3.05) is 30.8 Å². The first-order chi connectivity index (χ1) is 9.13. The SMILES string of the molecule is CC1(CNc2ccc(N)c(CC#N)c2)CCOCC1. The topological polar surface area (TPSA) is 71.1 Å². The van der Waals surface area contributed by atoms with Crippen LogP contribution in [0.5, 0.6) is 0 Å². The van der Waals surface area contributed by atoms with Crippen LogP contribution >= 0.6 is 0 Å². The Hall–Kier alpha value is -1.73. The molecule has 4 nitrogen and oxygen atoms in total. The number of nitriles is 1. The maximum Gasteiger partial charge on any atom is 0.0670 e. The molecule has 0 radical (unpaired) electrons. The summed E-state index contributed by atoms with van der Waals surface area (Å²) >= 11 is 0. The minimum Gasteiger partial charge on any atom is -0.398 e. The standard InChI is InChI=1S/C15H21N3O/c1-15(5-8-19-9-6-15)11-18-13-2-3-14(17)12(10-13)4-7-16/h2-3,10,18H,4-6,8-9,11,17H2,1H3. The van der Waals surface area contributed by atoms with Gasteiger partial charge in [0.1, 0.15) is 0 Å². The third-order valence-corrected chi connectivity index (χ3v) is 3.83. The Morgan fingerprint density at radius 3 is 2.84 bits per heavy atom. The van der Waals surface area contributed by atoms with Crippen LogP contribution in [0.1, 0.15) is 25.3 Å². The summed E-state index contributed by atoms with van der Waals surface area (Å²) < 4.78 is 5.40. The monoisotopic (exact) mass is 259 g/mol. The largest absolute Gasteiger partial charge is 0.398 e. The molecule has 1 aromatic carbocycles. The van der Waals surface area contributed by atoms with E-state index in [1.165, 1.54) is 0 Å². The zero-order chi connectivity index (χ0) is 13.7. The van der Waals surface area contributed by atoms with Gasteiger partial charge in [0.25, 0.3) is 0 Å². The fourth-order valence-corrected chi connectivity index (χ4v) is 2.31. The van der Waals surface area contributed by atoms with Gasteiger partial charge in [0.2, 0.25) is 0 Å². The van der Waals surface area contributed by atoms with Crippen LogP contribution in [0.15, 0.2) is 18.2 Å². The second kappa shape index (κ2) is 5.94. The highest BCUT2D eigenvalue weighted by Crippen LogP contribution is 2.30. The third-order valence-electron chi connectivity index (χ3n) is 3.83. The highest BCUT2D eigenvalue weighted by atomic mass is 16.5. The van der Waals surface area contributed by atoms with Gasteiger partial charge in [-0.15, -0.1) is 0 Å². The lowest BCUT2D eigenvalue weighted by Crippen LogP contribution is -2.33. The van der Waals surface area contributed by atoms with Gasteiger partial charge in [-0.2, -0.15) is 5.26 Å². The van der Waals surface area contributed by atoms with Gasteiger partial charge < -0.3 is 15.8 Å². The van der Waals surface area contributed by atoms with E-state index in [0.717, 1.165) is 43.9 Å². The van der Waals surface area contributed by atoms with E-state index in [-0.39, 0.29) is 5.41 Å². The summed E-state index contributed by atoms with van der Waals surface area (Å²) in [5.74, 6) is 0. The number of hydrogen-bond donors (Lipinski definition) is 2. The first kappa shape index (κ1) is 13.7. The molecule has 0 saturated carbocycles. The fraction of sp³-hybridized carbons (Fsp3) is 0.533. The van der Waals surface area contributed by atoms with Crippen molar-refractivity contribution in [3.63, 3.8) is 0 Å². The minimum absolute atomic E-state index is 0.287. The zero-order valence-corrected chi connectivity index (χ0v) is 11.4. The Bertz CT molecular complexity index is 473. The van der Waals surface area contributed by atoms with Crippen molar-refractivity contribution in [1.29, 1.82) is 5.26 Å². The molecule has 102 valence electrons. The van der Waals surface area contributed by atoms with Crippen LogP contribution in [0.3, 0.4) is 0 Å². The molecule has 0 unspecified atom stereocenters. The molecule has 19 heavy (non-hydrogen) atoms. The summed E-state index contributed by atoms with van der Waals surface area (Å²) in [6.07, 6.45) is 2.52. The summed E-state index contributed by atoms with van der Waals surface area (Å²) in [6, 6.07) is 7.95. The molecule has 1 fully saturated rings. The highest BCUT2D eigenvalue weighted by molar-refractivity contribution is 5.58. The molecule has 0 aliphatic carbocycles. The number of nitrogen functional groups attached to an aromatic ring is 1. The van der Waals surface area contributed by atoms with Crippen molar-refractivity contribution in [2.45, 2.75) is 26.2 Å². The van der Waals surface area contributed by atoms with Gasteiger partial charge in [-0.05, 0) is 42.0 Å². The van der Waals surface area contributed by atoms with E-state index < -0.39 is 0 Å². The Morgan fingerprint density at radius 2 is 2.16 bits per heavy atom. The molecular formula is C15H21N3O. The molecule has 2 rings (SSSR count). The van der Waals surface area contributed by atoms with E-state index in [0.29, 0.717) is 12.1 Å². The van der Waals surface area contributed by atoms with Crippen molar-refractivity contribution in [3.8, 4) is 6.07 Å². The number of anilines is 2. The molecular weight excluding hydrogens is 238 g/mol. The van der Waals surface area contributed by atoms with Crippen LogP contribution < -0.4 is 11.1 Å². The molecule has 4 heteroatoms. The summed E-state index contributed by atoms with van der Waals surface area (Å²) in [6.45, 7) is 4.90. The van der Waals surface area contributed by atoms with Gasteiger partial charge in [0.15, 0.2) is 0 Å². The maximum absolute atomic E-state index is 8.77. The van der Waals surface area contributed by atoms with Gasteiger partial charge in [0.05, 0.1) is 12.5 Å². The van der Waals surface area contributed by atoms with Crippen LogP contribution in [0.4, 0.5) is 11.4 Å². The van der Waals surface area contributed by atoms with Crippen molar-refractivity contribution in [2.24, 2.45) is 5.41 Å². The minimum atomic E-state index is 0.287. The number of nitrogens with two attached hydrogens (primary N) is 1. The Balaban J connectivity index is 1.99. The molecule has 0 amide bonds. The van der Waals surface area contributed by atoms with E-state index in [2.05, 4.69) is 18.3 Å². The van der Waals surface area contributed by atoms with E-state index in [4.69, 9.17) is 15.7 Å². The van der Waals surface area contributed by atoms with Gasteiger partial charge >= 0.3 is 0 Å². The Labute approximate surface area is 114 Å². The van der Waals surface area contributed by atoms with E-state index in [9.17, 15) is 0 Å². The van der Waals surface area contributed by atoms with Crippen LogP contribution in [-0.4, -0.2) is 19.8 Å². The van der Waals surface area contributed by atoms with Crippen molar-refractivity contribution in [3.05, 3.63) is 23.8 Å². The molecule has 1 heterocycles. The number of benzene rings is 1. The number of nitrogens with zero attached hydrogens (tertiary/aromatic N) is 1. The van der Waals surface area contributed by atoms with Crippen molar-refractivity contribution >= 4 is 11.4 Å². The number of hydrogen-bond acceptors (Lipinski definition) is 4. The second-order valence-electron chi connectivity index (χ2n) is 5.53. The summed E-state index contributed by atoms with van der Waals surface area (Å²) in [5.41, 5.74) is 8.74. The molecule has 0 spiro atoms.